The first kappa shape index (κ1) is 12.8. The summed E-state index contributed by atoms with van der Waals surface area (Å²) in [5.41, 5.74) is 0. The van der Waals surface area contributed by atoms with Crippen molar-refractivity contribution in [1.82, 2.24) is 0 Å². The quantitative estimate of drug-likeness (QED) is 0.325. The van der Waals surface area contributed by atoms with Crippen LogP contribution in [0.1, 0.15) is 12.8 Å². The van der Waals surface area contributed by atoms with Gasteiger partial charge in [-0.1, -0.05) is 0 Å². The van der Waals surface area contributed by atoms with Crippen molar-refractivity contribution < 1.29 is 28.5 Å². The van der Waals surface area contributed by atoms with Crippen LogP contribution >= 0.6 is 0 Å². The number of unbranched alkanes of at least 4 members (excludes halogenated alkanes) is 1. The van der Waals surface area contributed by atoms with E-state index in [4.69, 9.17) is 5.26 Å². The summed E-state index contributed by atoms with van der Waals surface area (Å²) in [6, 6.07) is 2.13. The van der Waals surface area contributed by atoms with Gasteiger partial charge in [0.25, 0.3) is 0 Å². The fourth-order valence-electron chi connectivity index (χ4n) is 0.632. The molecule has 0 spiro atoms. The maximum absolute atomic E-state index is 8.21. The molecular formula is C7H15IN2. The molecule has 3 heteroatoms. The number of hydrogen-bond donors (Lipinski definition) is 0. The maximum atomic E-state index is 8.21. The average Bonchev–Trinajstić information content (AvgIpc) is 1.63. The van der Waals surface area contributed by atoms with Gasteiger partial charge < -0.3 is 28.5 Å². The molecule has 0 atom stereocenters. The van der Waals surface area contributed by atoms with Gasteiger partial charge in [0.2, 0.25) is 0 Å². The lowest BCUT2D eigenvalue weighted by molar-refractivity contribution is -0.870. The lowest BCUT2D eigenvalue weighted by atomic mass is 10.3. The fourth-order valence-corrected chi connectivity index (χ4v) is 0.632. The van der Waals surface area contributed by atoms with Crippen molar-refractivity contribution in [3.05, 3.63) is 0 Å². The summed E-state index contributed by atoms with van der Waals surface area (Å²) in [5.74, 6) is 0. The van der Waals surface area contributed by atoms with Crippen molar-refractivity contribution in [3.63, 3.8) is 0 Å². The largest absolute Gasteiger partial charge is 1.00 e. The summed E-state index contributed by atoms with van der Waals surface area (Å²) in [7, 11) is 6.41. The van der Waals surface area contributed by atoms with Crippen LogP contribution in [0.5, 0.6) is 0 Å². The molecule has 0 bridgehead atoms. The molecule has 0 amide bonds. The molecule has 0 aliphatic carbocycles. The summed E-state index contributed by atoms with van der Waals surface area (Å²) in [5, 5.41) is 8.21. The van der Waals surface area contributed by atoms with Crippen LogP contribution in [0.15, 0.2) is 0 Å². The van der Waals surface area contributed by atoms with E-state index < -0.39 is 0 Å². The Balaban J connectivity index is 0. The number of quaternary nitrogens is 1. The molecule has 2 nitrogen and oxygen atoms in total. The second kappa shape index (κ2) is 5.93. The summed E-state index contributed by atoms with van der Waals surface area (Å²) >= 11 is 0. The van der Waals surface area contributed by atoms with Crippen LogP contribution in [0.3, 0.4) is 0 Å². The molecule has 0 aliphatic rings. The first-order valence-electron chi connectivity index (χ1n) is 3.24. The van der Waals surface area contributed by atoms with E-state index in [1.54, 1.807) is 0 Å². The van der Waals surface area contributed by atoms with Gasteiger partial charge in [-0.3, -0.25) is 0 Å². The summed E-state index contributed by atoms with van der Waals surface area (Å²) < 4.78 is 0.960. The third kappa shape index (κ3) is 11.0. The fraction of sp³-hybridized carbons (Fsp3) is 0.857. The van der Waals surface area contributed by atoms with E-state index >= 15 is 0 Å². The van der Waals surface area contributed by atoms with Crippen LogP contribution in [-0.4, -0.2) is 32.2 Å². The predicted octanol–water partition coefficient (Wildman–Crippen LogP) is -2.00. The number of nitrogens with zero attached hydrogens (tertiary/aromatic N) is 2. The van der Waals surface area contributed by atoms with Gasteiger partial charge in [-0.25, -0.2) is 0 Å². The Morgan fingerprint density at radius 2 is 1.80 bits per heavy atom. The second-order valence-corrected chi connectivity index (χ2v) is 3.28. The van der Waals surface area contributed by atoms with E-state index in [-0.39, 0.29) is 24.0 Å². The standard InChI is InChI=1S/C7H15N2.HI/c1-9(2,3)7-5-4-6-8;/h4-5,7H2,1-3H3;1H/q+1;/p-1. The Bertz CT molecular complexity index is 110. The Morgan fingerprint density at radius 1 is 1.30 bits per heavy atom. The van der Waals surface area contributed by atoms with Crippen molar-refractivity contribution in [3.8, 4) is 6.07 Å². The molecular weight excluding hydrogens is 239 g/mol. The molecule has 0 unspecified atom stereocenters. The van der Waals surface area contributed by atoms with Gasteiger partial charge in [-0.15, -0.1) is 0 Å². The first-order valence-corrected chi connectivity index (χ1v) is 3.24. The average molecular weight is 254 g/mol. The Labute approximate surface area is 80.4 Å². The molecule has 0 saturated carbocycles. The maximum Gasteiger partial charge on any atom is 0.0790 e. The van der Waals surface area contributed by atoms with E-state index in [2.05, 4.69) is 27.2 Å². The number of hydrogen-bond acceptors (Lipinski definition) is 1. The smallest absolute Gasteiger partial charge is 0.0790 e. The normalized spacial score (nSPS) is 9.80. The molecule has 0 aromatic carbocycles. The van der Waals surface area contributed by atoms with E-state index in [1.165, 1.54) is 0 Å². The van der Waals surface area contributed by atoms with E-state index in [0.717, 1.165) is 17.4 Å². The molecule has 0 saturated heterocycles. The van der Waals surface area contributed by atoms with Gasteiger partial charge >= 0.3 is 0 Å². The van der Waals surface area contributed by atoms with E-state index in [1.807, 2.05) is 0 Å². The third-order valence-corrected chi connectivity index (χ3v) is 1.12. The zero-order valence-corrected chi connectivity index (χ0v) is 9.05. The lowest BCUT2D eigenvalue weighted by Gasteiger charge is -2.22. The van der Waals surface area contributed by atoms with Crippen molar-refractivity contribution >= 4 is 0 Å². The summed E-state index contributed by atoms with van der Waals surface area (Å²) in [4.78, 5) is 0. The Hall–Kier alpha value is 0.180. The van der Waals surface area contributed by atoms with Crippen LogP contribution in [-0.2, 0) is 0 Å². The number of rotatable bonds is 3. The highest BCUT2D eigenvalue weighted by atomic mass is 127. The van der Waals surface area contributed by atoms with Gasteiger partial charge in [0, 0.05) is 12.8 Å². The van der Waals surface area contributed by atoms with Gasteiger partial charge in [-0.2, -0.15) is 5.26 Å². The molecule has 0 aliphatic heterocycles. The Kier molecular flexibility index (Phi) is 7.60. The zero-order valence-electron chi connectivity index (χ0n) is 6.89. The van der Waals surface area contributed by atoms with Crippen LogP contribution in [0.2, 0.25) is 0 Å². The van der Waals surface area contributed by atoms with Crippen LogP contribution in [0.4, 0.5) is 0 Å². The van der Waals surface area contributed by atoms with Crippen LogP contribution in [0, 0.1) is 11.3 Å². The molecule has 0 fully saturated rings. The molecule has 0 aromatic heterocycles. The highest BCUT2D eigenvalue weighted by Gasteiger charge is 2.04. The third-order valence-electron chi connectivity index (χ3n) is 1.12. The molecule has 0 N–H and O–H groups in total. The Morgan fingerprint density at radius 3 is 2.10 bits per heavy atom. The minimum absolute atomic E-state index is 0. The van der Waals surface area contributed by atoms with Crippen LogP contribution < -0.4 is 24.0 Å². The molecule has 0 radical (unpaired) electrons. The minimum atomic E-state index is 0. The monoisotopic (exact) mass is 254 g/mol. The highest BCUT2D eigenvalue weighted by Crippen LogP contribution is 1.95. The van der Waals surface area contributed by atoms with Crippen molar-refractivity contribution in [2.24, 2.45) is 0 Å². The molecule has 10 heavy (non-hydrogen) atoms. The van der Waals surface area contributed by atoms with Crippen LogP contribution in [0.25, 0.3) is 0 Å². The summed E-state index contributed by atoms with van der Waals surface area (Å²) in [6.45, 7) is 1.09. The molecule has 60 valence electrons. The van der Waals surface area contributed by atoms with Gasteiger partial charge in [0.1, 0.15) is 0 Å². The zero-order chi connectivity index (χ0) is 7.33. The molecule has 0 aromatic rings. The number of nitriles is 1. The van der Waals surface area contributed by atoms with E-state index in [0.29, 0.717) is 6.42 Å². The lowest BCUT2D eigenvalue weighted by Crippen LogP contribution is -3.00. The van der Waals surface area contributed by atoms with Crippen molar-refractivity contribution in [2.75, 3.05) is 27.7 Å². The SMILES string of the molecule is C[N+](C)(C)CCCC#N.[I-]. The van der Waals surface area contributed by atoms with Crippen molar-refractivity contribution in [2.45, 2.75) is 12.8 Å². The van der Waals surface area contributed by atoms with E-state index in [9.17, 15) is 0 Å². The predicted molar refractivity (Wildman–Crippen MR) is 37.7 cm³/mol. The highest BCUT2D eigenvalue weighted by molar-refractivity contribution is 4.67. The van der Waals surface area contributed by atoms with Gasteiger partial charge in [-0.05, 0) is 0 Å². The minimum Gasteiger partial charge on any atom is -1.00 e. The number of halogens is 1. The molecule has 0 heterocycles. The van der Waals surface area contributed by atoms with Crippen molar-refractivity contribution in [1.29, 1.82) is 5.26 Å². The molecule has 0 rings (SSSR count). The topological polar surface area (TPSA) is 23.8 Å². The summed E-state index contributed by atoms with van der Waals surface area (Å²) in [6.07, 6.45) is 1.70. The van der Waals surface area contributed by atoms with Gasteiger partial charge in [0.15, 0.2) is 0 Å². The first-order chi connectivity index (χ1) is 4.06. The second-order valence-electron chi connectivity index (χ2n) is 3.28. The van der Waals surface area contributed by atoms with Gasteiger partial charge in [0.05, 0.1) is 33.8 Å².